The van der Waals surface area contributed by atoms with E-state index in [0.29, 0.717) is 13.1 Å². The Morgan fingerprint density at radius 1 is 1.24 bits per heavy atom. The van der Waals surface area contributed by atoms with Gasteiger partial charge in [-0.2, -0.15) is 0 Å². The van der Waals surface area contributed by atoms with Crippen molar-refractivity contribution in [3.63, 3.8) is 0 Å². The largest absolute Gasteiger partial charge is 0.395 e. The molecule has 1 aromatic rings. The Hall–Kier alpha value is -1.39. The summed E-state index contributed by atoms with van der Waals surface area (Å²) in [5, 5.41) is 12.1. The van der Waals surface area contributed by atoms with Gasteiger partial charge in [0.15, 0.2) is 0 Å². The Bertz CT molecular complexity index is 418. The third-order valence-electron chi connectivity index (χ3n) is 3.51. The van der Waals surface area contributed by atoms with E-state index in [4.69, 9.17) is 5.11 Å². The monoisotopic (exact) mass is 292 g/mol. The number of hydrogen-bond donors (Lipinski definition) is 2. The van der Waals surface area contributed by atoms with Crippen molar-refractivity contribution >= 4 is 11.6 Å². The van der Waals surface area contributed by atoms with Gasteiger partial charge in [-0.25, -0.2) is 0 Å². The van der Waals surface area contributed by atoms with Gasteiger partial charge in [0.05, 0.1) is 12.0 Å². The third-order valence-corrected chi connectivity index (χ3v) is 3.51. The quantitative estimate of drug-likeness (QED) is 0.736. The van der Waals surface area contributed by atoms with Gasteiger partial charge in [-0.1, -0.05) is 31.5 Å². The van der Waals surface area contributed by atoms with E-state index in [1.807, 2.05) is 44.2 Å². The fourth-order valence-electron chi connectivity index (χ4n) is 2.25. The van der Waals surface area contributed by atoms with Gasteiger partial charge in [0.2, 0.25) is 5.91 Å². The topological polar surface area (TPSA) is 52.6 Å². The van der Waals surface area contributed by atoms with Gasteiger partial charge in [-0.3, -0.25) is 4.79 Å². The minimum absolute atomic E-state index is 0.00754. The molecule has 1 aromatic carbocycles. The van der Waals surface area contributed by atoms with Gasteiger partial charge in [-0.05, 0) is 38.9 Å². The first kappa shape index (κ1) is 17.7. The molecular weight excluding hydrogens is 264 g/mol. The number of nitrogens with one attached hydrogen (secondary N) is 1. The van der Waals surface area contributed by atoms with Crippen molar-refractivity contribution in [2.45, 2.75) is 33.6 Å². The van der Waals surface area contributed by atoms with Crippen LogP contribution in [0.25, 0.3) is 0 Å². The number of benzene rings is 1. The summed E-state index contributed by atoms with van der Waals surface area (Å²) in [6.45, 7) is 8.33. The second-order valence-electron chi connectivity index (χ2n) is 6.06. The van der Waals surface area contributed by atoms with Crippen LogP contribution in [0.4, 0.5) is 5.69 Å². The summed E-state index contributed by atoms with van der Waals surface area (Å²) in [4.78, 5) is 14.6. The van der Waals surface area contributed by atoms with Crippen molar-refractivity contribution in [2.75, 3.05) is 31.6 Å². The molecule has 0 aliphatic rings. The Morgan fingerprint density at radius 3 is 2.48 bits per heavy atom. The molecule has 0 aliphatic heterocycles. The Kier molecular flexibility index (Phi) is 7.40. The number of rotatable bonds is 9. The number of carbonyl (C=O) groups excluding carboxylic acids is 1. The van der Waals surface area contributed by atoms with E-state index in [9.17, 15) is 4.79 Å². The highest BCUT2D eigenvalue weighted by molar-refractivity contribution is 5.94. The molecule has 118 valence electrons. The number of aliphatic hydroxyl groups is 1. The van der Waals surface area contributed by atoms with E-state index in [1.54, 1.807) is 0 Å². The van der Waals surface area contributed by atoms with Crippen LogP contribution < -0.4 is 5.32 Å². The molecule has 2 N–H and O–H groups in total. The first-order chi connectivity index (χ1) is 9.99. The second kappa shape index (κ2) is 8.80. The summed E-state index contributed by atoms with van der Waals surface area (Å²) >= 11 is 0. The molecule has 1 rings (SSSR count). The van der Waals surface area contributed by atoms with E-state index in [2.05, 4.69) is 17.1 Å². The van der Waals surface area contributed by atoms with Crippen LogP contribution in [-0.2, 0) is 4.79 Å². The predicted octanol–water partition coefficient (Wildman–Crippen LogP) is 2.75. The van der Waals surface area contributed by atoms with Crippen LogP contribution in [-0.4, -0.2) is 42.2 Å². The van der Waals surface area contributed by atoms with E-state index < -0.39 is 5.41 Å². The zero-order chi connectivity index (χ0) is 15.7. The molecule has 1 amide bonds. The van der Waals surface area contributed by atoms with E-state index >= 15 is 0 Å². The van der Waals surface area contributed by atoms with Gasteiger partial charge in [0.25, 0.3) is 0 Å². The molecule has 0 heterocycles. The molecule has 0 saturated carbocycles. The summed E-state index contributed by atoms with van der Waals surface area (Å²) in [6.07, 6.45) is 2.19. The lowest BCUT2D eigenvalue weighted by molar-refractivity contribution is -0.125. The highest BCUT2D eigenvalue weighted by atomic mass is 16.3. The van der Waals surface area contributed by atoms with Crippen molar-refractivity contribution in [2.24, 2.45) is 5.41 Å². The van der Waals surface area contributed by atoms with Crippen LogP contribution in [0.15, 0.2) is 30.3 Å². The molecule has 0 fully saturated rings. The fourth-order valence-corrected chi connectivity index (χ4v) is 2.25. The lowest BCUT2D eigenvalue weighted by Crippen LogP contribution is -2.43. The predicted molar refractivity (Wildman–Crippen MR) is 87.3 cm³/mol. The zero-order valence-corrected chi connectivity index (χ0v) is 13.4. The van der Waals surface area contributed by atoms with Crippen LogP contribution in [0.5, 0.6) is 0 Å². The molecule has 0 atom stereocenters. The highest BCUT2D eigenvalue weighted by Gasteiger charge is 2.29. The molecule has 4 nitrogen and oxygen atoms in total. The van der Waals surface area contributed by atoms with Crippen molar-refractivity contribution in [1.29, 1.82) is 0 Å². The number of unbranched alkanes of at least 4 members (excludes halogenated alkanes) is 1. The molecule has 0 aliphatic carbocycles. The van der Waals surface area contributed by atoms with Crippen LogP contribution in [0.1, 0.15) is 33.6 Å². The minimum Gasteiger partial charge on any atom is -0.395 e. The summed E-state index contributed by atoms with van der Waals surface area (Å²) in [6, 6.07) is 9.51. The van der Waals surface area contributed by atoms with Gasteiger partial charge >= 0.3 is 0 Å². The van der Waals surface area contributed by atoms with Crippen LogP contribution in [0, 0.1) is 5.41 Å². The number of anilines is 1. The number of para-hydroxylation sites is 1. The number of amides is 1. The number of carbonyl (C=O) groups is 1. The number of aliphatic hydroxyl groups excluding tert-OH is 1. The highest BCUT2D eigenvalue weighted by Crippen LogP contribution is 2.20. The summed E-state index contributed by atoms with van der Waals surface area (Å²) in [5.41, 5.74) is 0.316. The lowest BCUT2D eigenvalue weighted by atomic mass is 9.91. The van der Waals surface area contributed by atoms with Crippen molar-refractivity contribution in [3.8, 4) is 0 Å². The molecule has 0 saturated heterocycles. The molecular formula is C17H28N2O2. The summed E-state index contributed by atoms with van der Waals surface area (Å²) in [5.74, 6) is 0.00754. The van der Waals surface area contributed by atoms with Crippen molar-refractivity contribution < 1.29 is 9.90 Å². The van der Waals surface area contributed by atoms with Crippen LogP contribution in [0.2, 0.25) is 0 Å². The first-order valence-corrected chi connectivity index (χ1v) is 7.69. The van der Waals surface area contributed by atoms with Gasteiger partial charge < -0.3 is 15.3 Å². The minimum atomic E-state index is -0.501. The molecule has 21 heavy (non-hydrogen) atoms. The molecule has 0 unspecified atom stereocenters. The molecule has 0 aromatic heterocycles. The Labute approximate surface area is 128 Å². The first-order valence-electron chi connectivity index (χ1n) is 7.69. The maximum absolute atomic E-state index is 12.4. The smallest absolute Gasteiger partial charge is 0.231 e. The maximum Gasteiger partial charge on any atom is 0.231 e. The second-order valence-corrected chi connectivity index (χ2v) is 6.06. The van der Waals surface area contributed by atoms with E-state index in [-0.39, 0.29) is 12.5 Å². The van der Waals surface area contributed by atoms with Gasteiger partial charge in [-0.15, -0.1) is 0 Å². The van der Waals surface area contributed by atoms with Crippen molar-refractivity contribution in [1.82, 2.24) is 4.90 Å². The van der Waals surface area contributed by atoms with E-state index in [1.165, 1.54) is 0 Å². The van der Waals surface area contributed by atoms with Crippen LogP contribution >= 0.6 is 0 Å². The molecule has 0 bridgehead atoms. The molecule has 0 spiro atoms. The van der Waals surface area contributed by atoms with Gasteiger partial charge in [0, 0.05) is 18.8 Å². The third kappa shape index (κ3) is 6.27. The number of nitrogens with zero attached hydrogens (tertiary/aromatic N) is 1. The average Bonchev–Trinajstić information content (AvgIpc) is 2.45. The standard InChI is InChI=1S/C17H28N2O2/c1-4-5-11-19(12-13-20)14-17(2,3)16(21)18-15-9-7-6-8-10-15/h6-10,20H,4-5,11-14H2,1-3H3,(H,18,21). The normalized spacial score (nSPS) is 11.7. The average molecular weight is 292 g/mol. The van der Waals surface area contributed by atoms with Crippen LogP contribution in [0.3, 0.4) is 0 Å². The number of hydrogen-bond acceptors (Lipinski definition) is 3. The lowest BCUT2D eigenvalue weighted by Gasteiger charge is -2.31. The van der Waals surface area contributed by atoms with Gasteiger partial charge in [0.1, 0.15) is 0 Å². The molecule has 4 heteroatoms. The zero-order valence-electron chi connectivity index (χ0n) is 13.4. The van der Waals surface area contributed by atoms with Crippen molar-refractivity contribution in [3.05, 3.63) is 30.3 Å². The van der Waals surface area contributed by atoms with E-state index in [0.717, 1.165) is 25.1 Å². The summed E-state index contributed by atoms with van der Waals surface area (Å²) < 4.78 is 0. The Balaban J connectivity index is 2.62. The SMILES string of the molecule is CCCCN(CCO)CC(C)(C)C(=O)Nc1ccccc1. The molecule has 0 radical (unpaired) electrons. The maximum atomic E-state index is 12.4. The summed E-state index contributed by atoms with van der Waals surface area (Å²) in [7, 11) is 0. The Morgan fingerprint density at radius 2 is 1.90 bits per heavy atom. The fraction of sp³-hybridized carbons (Fsp3) is 0.588.